The number of amides is 1. The summed E-state index contributed by atoms with van der Waals surface area (Å²) in [6.07, 6.45) is 0.0299. The molecule has 1 aliphatic heterocycles. The van der Waals surface area contributed by atoms with Crippen molar-refractivity contribution >= 4 is 11.6 Å². The summed E-state index contributed by atoms with van der Waals surface area (Å²) in [5.41, 5.74) is 1.15. The molecular formula is C18H19NO4. The summed E-state index contributed by atoms with van der Waals surface area (Å²) >= 11 is 0. The Balaban J connectivity index is 1.79. The molecule has 120 valence electrons. The van der Waals surface area contributed by atoms with Crippen LogP contribution in [0.4, 0.5) is 5.69 Å². The lowest BCUT2D eigenvalue weighted by atomic mass is 10.1. The Kier molecular flexibility index (Phi) is 4.37. The summed E-state index contributed by atoms with van der Waals surface area (Å²) in [5.74, 6) is 1.68. The number of fused-ring (bicyclic) bond motifs is 1. The molecule has 5 nitrogen and oxygen atoms in total. The third kappa shape index (κ3) is 3.56. The number of rotatable bonds is 4. The third-order valence-corrected chi connectivity index (χ3v) is 3.30. The van der Waals surface area contributed by atoms with Gasteiger partial charge in [0.25, 0.3) is 5.91 Å². The van der Waals surface area contributed by atoms with E-state index in [9.17, 15) is 4.79 Å². The largest absolute Gasteiger partial charge is 0.489 e. The van der Waals surface area contributed by atoms with Crippen LogP contribution in [0.5, 0.6) is 17.2 Å². The lowest BCUT2D eigenvalue weighted by Gasteiger charge is -2.19. The maximum atomic E-state index is 12.5. The summed E-state index contributed by atoms with van der Waals surface area (Å²) in [6, 6.07) is 12.5. The molecule has 2 aromatic carbocycles. The van der Waals surface area contributed by atoms with Gasteiger partial charge in [-0.25, -0.2) is 0 Å². The van der Waals surface area contributed by atoms with E-state index < -0.39 is 0 Å². The molecule has 0 aliphatic carbocycles. The second-order valence-corrected chi connectivity index (χ2v) is 5.48. The van der Waals surface area contributed by atoms with E-state index >= 15 is 0 Å². The topological polar surface area (TPSA) is 56.8 Å². The minimum absolute atomic E-state index is 0.0299. The number of benzene rings is 2. The fourth-order valence-corrected chi connectivity index (χ4v) is 2.31. The van der Waals surface area contributed by atoms with E-state index in [2.05, 4.69) is 5.32 Å². The SMILES string of the molecule is CC(C)Oc1ccccc1NC(=O)c1ccc2c(c1)OCCO2. The van der Waals surface area contributed by atoms with E-state index in [0.717, 1.165) is 0 Å². The van der Waals surface area contributed by atoms with Crippen molar-refractivity contribution < 1.29 is 19.0 Å². The van der Waals surface area contributed by atoms with E-state index in [0.29, 0.717) is 41.7 Å². The van der Waals surface area contributed by atoms with E-state index in [1.54, 1.807) is 18.2 Å². The van der Waals surface area contributed by atoms with Crippen LogP contribution < -0.4 is 19.5 Å². The fraction of sp³-hybridized carbons (Fsp3) is 0.278. The molecule has 0 fully saturated rings. The van der Waals surface area contributed by atoms with Gasteiger partial charge >= 0.3 is 0 Å². The maximum Gasteiger partial charge on any atom is 0.255 e. The minimum Gasteiger partial charge on any atom is -0.489 e. The fourth-order valence-electron chi connectivity index (χ4n) is 2.31. The molecule has 0 bridgehead atoms. The highest BCUT2D eigenvalue weighted by Gasteiger charge is 2.16. The number of nitrogens with one attached hydrogen (secondary N) is 1. The average Bonchev–Trinajstić information content (AvgIpc) is 2.55. The van der Waals surface area contributed by atoms with Crippen molar-refractivity contribution in [3.05, 3.63) is 48.0 Å². The van der Waals surface area contributed by atoms with Crippen LogP contribution in [0.25, 0.3) is 0 Å². The molecule has 0 aromatic heterocycles. The first-order chi connectivity index (χ1) is 11.1. The zero-order chi connectivity index (χ0) is 16.2. The molecule has 1 heterocycles. The van der Waals surface area contributed by atoms with Crippen molar-refractivity contribution in [2.45, 2.75) is 20.0 Å². The normalized spacial score (nSPS) is 12.8. The zero-order valence-electron chi connectivity index (χ0n) is 13.2. The molecule has 1 amide bonds. The van der Waals surface area contributed by atoms with Gasteiger partial charge in [0.15, 0.2) is 11.5 Å². The quantitative estimate of drug-likeness (QED) is 0.938. The highest BCUT2D eigenvalue weighted by Crippen LogP contribution is 2.31. The van der Waals surface area contributed by atoms with Gasteiger partial charge in [0.05, 0.1) is 11.8 Å². The highest BCUT2D eigenvalue weighted by atomic mass is 16.6. The molecule has 23 heavy (non-hydrogen) atoms. The van der Waals surface area contributed by atoms with E-state index in [-0.39, 0.29) is 12.0 Å². The number of anilines is 1. The predicted molar refractivity (Wildman–Crippen MR) is 87.6 cm³/mol. The highest BCUT2D eigenvalue weighted by molar-refractivity contribution is 6.05. The van der Waals surface area contributed by atoms with Crippen LogP contribution in [0, 0.1) is 0 Å². The smallest absolute Gasteiger partial charge is 0.255 e. The van der Waals surface area contributed by atoms with Gasteiger partial charge in [-0.05, 0) is 44.2 Å². The first-order valence-electron chi connectivity index (χ1n) is 7.60. The molecule has 0 spiro atoms. The van der Waals surface area contributed by atoms with E-state index in [1.165, 1.54) is 0 Å². The van der Waals surface area contributed by atoms with Crippen LogP contribution in [0.15, 0.2) is 42.5 Å². The monoisotopic (exact) mass is 313 g/mol. The molecule has 1 aliphatic rings. The Hall–Kier alpha value is -2.69. The van der Waals surface area contributed by atoms with Crippen molar-refractivity contribution in [3.63, 3.8) is 0 Å². The molecule has 1 N–H and O–H groups in total. The van der Waals surface area contributed by atoms with Crippen LogP contribution in [-0.4, -0.2) is 25.2 Å². The molecule has 3 rings (SSSR count). The van der Waals surface area contributed by atoms with Crippen LogP contribution in [0.3, 0.4) is 0 Å². The Morgan fingerprint density at radius 3 is 2.61 bits per heavy atom. The van der Waals surface area contributed by atoms with Crippen molar-refractivity contribution in [2.75, 3.05) is 18.5 Å². The molecule has 0 radical (unpaired) electrons. The first-order valence-corrected chi connectivity index (χ1v) is 7.60. The number of ether oxygens (including phenoxy) is 3. The number of carbonyl (C=O) groups is 1. The molecule has 0 unspecified atom stereocenters. The number of hydrogen-bond acceptors (Lipinski definition) is 4. The Labute approximate surface area is 135 Å². The zero-order valence-corrected chi connectivity index (χ0v) is 13.2. The lowest BCUT2D eigenvalue weighted by molar-refractivity contribution is 0.102. The molecule has 2 aromatic rings. The van der Waals surface area contributed by atoms with E-state index in [1.807, 2.05) is 38.1 Å². The number of carbonyl (C=O) groups excluding carboxylic acids is 1. The van der Waals surface area contributed by atoms with Gasteiger partial charge in [0, 0.05) is 5.56 Å². The third-order valence-electron chi connectivity index (χ3n) is 3.30. The second kappa shape index (κ2) is 6.60. The van der Waals surface area contributed by atoms with Gasteiger partial charge < -0.3 is 19.5 Å². The van der Waals surface area contributed by atoms with Crippen molar-refractivity contribution in [3.8, 4) is 17.2 Å². The molecule has 0 atom stereocenters. The predicted octanol–water partition coefficient (Wildman–Crippen LogP) is 3.50. The van der Waals surface area contributed by atoms with Gasteiger partial charge in [-0.1, -0.05) is 12.1 Å². The van der Waals surface area contributed by atoms with E-state index in [4.69, 9.17) is 14.2 Å². The average molecular weight is 313 g/mol. The van der Waals surface area contributed by atoms with Crippen LogP contribution in [0.1, 0.15) is 24.2 Å². The first kappa shape index (κ1) is 15.2. The van der Waals surface area contributed by atoms with Gasteiger partial charge in [0.2, 0.25) is 0 Å². The summed E-state index contributed by atoms with van der Waals surface area (Å²) in [5, 5.41) is 2.88. The second-order valence-electron chi connectivity index (χ2n) is 5.48. The lowest BCUT2D eigenvalue weighted by Crippen LogP contribution is -2.17. The Morgan fingerprint density at radius 2 is 1.83 bits per heavy atom. The van der Waals surface area contributed by atoms with Crippen molar-refractivity contribution in [2.24, 2.45) is 0 Å². The molecule has 0 saturated heterocycles. The van der Waals surface area contributed by atoms with Gasteiger partial charge in [-0.15, -0.1) is 0 Å². The van der Waals surface area contributed by atoms with Crippen LogP contribution in [0.2, 0.25) is 0 Å². The van der Waals surface area contributed by atoms with Crippen molar-refractivity contribution in [1.29, 1.82) is 0 Å². The standard InChI is InChI=1S/C18H19NO4/c1-12(2)23-15-6-4-3-5-14(15)19-18(20)13-7-8-16-17(11-13)22-10-9-21-16/h3-8,11-12H,9-10H2,1-2H3,(H,19,20). The van der Waals surface area contributed by atoms with Gasteiger partial charge in [-0.3, -0.25) is 4.79 Å². The van der Waals surface area contributed by atoms with Gasteiger partial charge in [-0.2, -0.15) is 0 Å². The summed E-state index contributed by atoms with van der Waals surface area (Å²) in [6.45, 7) is 4.90. The summed E-state index contributed by atoms with van der Waals surface area (Å²) in [4.78, 5) is 12.5. The van der Waals surface area contributed by atoms with Gasteiger partial charge in [0.1, 0.15) is 19.0 Å². The summed E-state index contributed by atoms with van der Waals surface area (Å²) < 4.78 is 16.7. The number of hydrogen-bond donors (Lipinski definition) is 1. The number of para-hydroxylation sites is 2. The van der Waals surface area contributed by atoms with Crippen LogP contribution >= 0.6 is 0 Å². The Morgan fingerprint density at radius 1 is 1.09 bits per heavy atom. The minimum atomic E-state index is -0.221. The Bertz CT molecular complexity index is 712. The van der Waals surface area contributed by atoms with Crippen LogP contribution in [-0.2, 0) is 0 Å². The maximum absolute atomic E-state index is 12.5. The van der Waals surface area contributed by atoms with Crippen molar-refractivity contribution in [1.82, 2.24) is 0 Å². The molecule has 5 heteroatoms. The molecular weight excluding hydrogens is 294 g/mol. The summed E-state index contributed by atoms with van der Waals surface area (Å²) in [7, 11) is 0. The molecule has 0 saturated carbocycles.